The molecule has 142 valence electrons. The maximum absolute atomic E-state index is 12.6. The van der Waals surface area contributed by atoms with Gasteiger partial charge in [0, 0.05) is 45.4 Å². The van der Waals surface area contributed by atoms with E-state index >= 15 is 0 Å². The lowest BCUT2D eigenvalue weighted by Crippen LogP contribution is -2.43. The summed E-state index contributed by atoms with van der Waals surface area (Å²) in [7, 11) is 0. The number of carbonyl (C=O) groups is 1. The minimum atomic E-state index is -0.211. The van der Waals surface area contributed by atoms with E-state index in [-0.39, 0.29) is 11.8 Å². The highest BCUT2D eigenvalue weighted by Crippen LogP contribution is 2.14. The summed E-state index contributed by atoms with van der Waals surface area (Å²) >= 11 is 0. The fourth-order valence-electron chi connectivity index (χ4n) is 2.52. The molecule has 25 heavy (non-hydrogen) atoms. The van der Waals surface area contributed by atoms with Crippen LogP contribution in [0.25, 0.3) is 0 Å². The predicted octanol–water partition coefficient (Wildman–Crippen LogP) is 2.99. The third-order valence-electron chi connectivity index (χ3n) is 3.81. The van der Waals surface area contributed by atoms with Crippen molar-refractivity contribution in [3.63, 3.8) is 0 Å². The lowest BCUT2D eigenvalue weighted by atomic mass is 10.2. The van der Waals surface area contributed by atoms with E-state index in [1.54, 1.807) is 6.92 Å². The Bertz CT molecular complexity index is 470. The van der Waals surface area contributed by atoms with E-state index in [1.165, 1.54) is 31.9 Å². The molecule has 2 heterocycles. The minimum absolute atomic E-state index is 0.168. The van der Waals surface area contributed by atoms with E-state index in [2.05, 4.69) is 21.9 Å². The zero-order valence-electron chi connectivity index (χ0n) is 15.6. The predicted molar refractivity (Wildman–Crippen MR) is 98.4 cm³/mol. The molecule has 1 atom stereocenters. The summed E-state index contributed by atoms with van der Waals surface area (Å²) in [6, 6.07) is 6.69. The summed E-state index contributed by atoms with van der Waals surface area (Å²) in [5.74, 6) is -0.378. The number of ether oxygens (including phenoxy) is 2. The second-order valence-corrected chi connectivity index (χ2v) is 5.96. The van der Waals surface area contributed by atoms with E-state index in [4.69, 9.17) is 4.74 Å². The highest BCUT2D eigenvalue weighted by molar-refractivity contribution is 5.65. The molecule has 2 aliphatic rings. The van der Waals surface area contributed by atoms with E-state index in [0.717, 1.165) is 38.5 Å². The Labute approximate surface area is 150 Å². The zero-order valence-corrected chi connectivity index (χ0v) is 15.6. The molecule has 6 heteroatoms. The number of hydrogen-bond donors (Lipinski definition) is 1. The molecule has 0 radical (unpaired) electrons. The maximum Gasteiger partial charge on any atom is 0.302 e. The van der Waals surface area contributed by atoms with Gasteiger partial charge in [0.15, 0.2) is 0 Å². The van der Waals surface area contributed by atoms with Gasteiger partial charge in [-0.3, -0.25) is 4.79 Å². The quantitative estimate of drug-likeness (QED) is 0.828. The van der Waals surface area contributed by atoms with E-state index in [9.17, 15) is 9.18 Å². The zero-order chi connectivity index (χ0) is 18.5. The SMILES string of the molecule is CC1CCCO1.CCOC(C)=O.Fc1ccc(N2CCNCC2)cc1. The van der Waals surface area contributed by atoms with Crippen LogP contribution in [0.1, 0.15) is 33.6 Å². The number of hydrogen-bond acceptors (Lipinski definition) is 5. The summed E-state index contributed by atoms with van der Waals surface area (Å²) in [6.07, 6.45) is 3.08. The fourth-order valence-corrected chi connectivity index (χ4v) is 2.52. The molecule has 2 fully saturated rings. The van der Waals surface area contributed by atoms with Gasteiger partial charge in [0.1, 0.15) is 5.82 Å². The second kappa shape index (κ2) is 12.7. The van der Waals surface area contributed by atoms with Crippen molar-refractivity contribution in [2.45, 2.75) is 39.7 Å². The summed E-state index contributed by atoms with van der Waals surface area (Å²) in [5.41, 5.74) is 1.11. The van der Waals surface area contributed by atoms with Crippen LogP contribution in [0.2, 0.25) is 0 Å². The topological polar surface area (TPSA) is 50.8 Å². The van der Waals surface area contributed by atoms with Gasteiger partial charge in [0.25, 0.3) is 0 Å². The fraction of sp³-hybridized carbons (Fsp3) is 0.632. The first-order chi connectivity index (χ1) is 12.0. The smallest absolute Gasteiger partial charge is 0.302 e. The van der Waals surface area contributed by atoms with Gasteiger partial charge in [-0.1, -0.05) is 0 Å². The van der Waals surface area contributed by atoms with Gasteiger partial charge in [-0.25, -0.2) is 4.39 Å². The number of halogens is 1. The molecular formula is C19H31FN2O3. The number of anilines is 1. The van der Waals surface area contributed by atoms with Crippen molar-refractivity contribution in [1.82, 2.24) is 5.32 Å². The van der Waals surface area contributed by atoms with Crippen molar-refractivity contribution in [2.24, 2.45) is 0 Å². The normalized spacial score (nSPS) is 19.2. The maximum atomic E-state index is 12.6. The van der Waals surface area contributed by atoms with Crippen LogP contribution < -0.4 is 10.2 Å². The van der Waals surface area contributed by atoms with Crippen LogP contribution in [0.4, 0.5) is 10.1 Å². The molecule has 0 aromatic heterocycles. The molecule has 2 saturated heterocycles. The van der Waals surface area contributed by atoms with Gasteiger partial charge in [-0.05, 0) is 51.0 Å². The largest absolute Gasteiger partial charge is 0.466 e. The Morgan fingerprint density at radius 3 is 2.32 bits per heavy atom. The Hall–Kier alpha value is -1.66. The number of carbonyl (C=O) groups excluding carboxylic acids is 1. The molecule has 3 rings (SSSR count). The molecule has 5 nitrogen and oxygen atoms in total. The number of nitrogens with zero attached hydrogens (tertiary/aromatic N) is 1. The Balaban J connectivity index is 0.000000218. The third kappa shape index (κ3) is 10.0. The molecule has 0 amide bonds. The summed E-state index contributed by atoms with van der Waals surface area (Å²) in [4.78, 5) is 12.1. The van der Waals surface area contributed by atoms with Crippen molar-refractivity contribution >= 4 is 11.7 Å². The Morgan fingerprint density at radius 1 is 1.32 bits per heavy atom. The average Bonchev–Trinajstić information content (AvgIpc) is 3.08. The first kappa shape index (κ1) is 21.4. The standard InChI is InChI=1S/C10H13FN2.C5H10O.C4H8O2/c11-9-1-3-10(4-2-9)13-7-5-12-6-8-13;1-5-3-2-4-6-5;1-3-6-4(2)5/h1-4,12H,5-8H2;5H,2-4H2,1H3;3H2,1-2H3. The molecule has 1 aromatic carbocycles. The molecule has 0 aliphatic carbocycles. The molecule has 0 bridgehead atoms. The van der Waals surface area contributed by atoms with Gasteiger partial charge in [-0.15, -0.1) is 0 Å². The highest BCUT2D eigenvalue weighted by atomic mass is 19.1. The molecule has 0 spiro atoms. The number of benzene rings is 1. The second-order valence-electron chi connectivity index (χ2n) is 5.96. The monoisotopic (exact) mass is 354 g/mol. The first-order valence-corrected chi connectivity index (χ1v) is 8.99. The summed E-state index contributed by atoms with van der Waals surface area (Å²) < 4.78 is 22.2. The minimum Gasteiger partial charge on any atom is -0.466 e. The number of nitrogens with one attached hydrogen (secondary N) is 1. The van der Waals surface area contributed by atoms with E-state index in [1.807, 2.05) is 12.1 Å². The van der Waals surface area contributed by atoms with Crippen molar-refractivity contribution < 1.29 is 18.7 Å². The lowest BCUT2D eigenvalue weighted by molar-refractivity contribution is -0.140. The van der Waals surface area contributed by atoms with Gasteiger partial charge in [0.05, 0.1) is 12.7 Å². The van der Waals surface area contributed by atoms with Gasteiger partial charge in [0.2, 0.25) is 0 Å². The molecular weight excluding hydrogens is 323 g/mol. The van der Waals surface area contributed by atoms with Crippen molar-refractivity contribution in [3.8, 4) is 0 Å². The lowest BCUT2D eigenvalue weighted by Gasteiger charge is -2.29. The van der Waals surface area contributed by atoms with Gasteiger partial charge in [-0.2, -0.15) is 0 Å². The van der Waals surface area contributed by atoms with Crippen LogP contribution in [0.15, 0.2) is 24.3 Å². The van der Waals surface area contributed by atoms with Crippen LogP contribution in [-0.4, -0.2) is 51.5 Å². The van der Waals surface area contributed by atoms with Crippen molar-refractivity contribution in [2.75, 3.05) is 44.3 Å². The average molecular weight is 354 g/mol. The summed E-state index contributed by atoms with van der Waals surface area (Å²) in [6.45, 7) is 10.8. The van der Waals surface area contributed by atoms with Crippen LogP contribution in [-0.2, 0) is 14.3 Å². The Kier molecular flexibility index (Phi) is 10.8. The van der Waals surface area contributed by atoms with Crippen LogP contribution >= 0.6 is 0 Å². The van der Waals surface area contributed by atoms with Crippen LogP contribution in [0.3, 0.4) is 0 Å². The Morgan fingerprint density at radius 2 is 1.96 bits per heavy atom. The number of rotatable bonds is 2. The molecule has 0 saturated carbocycles. The third-order valence-corrected chi connectivity index (χ3v) is 3.81. The van der Waals surface area contributed by atoms with Crippen LogP contribution in [0, 0.1) is 5.82 Å². The van der Waals surface area contributed by atoms with E-state index < -0.39 is 0 Å². The van der Waals surface area contributed by atoms with Crippen LogP contribution in [0.5, 0.6) is 0 Å². The van der Waals surface area contributed by atoms with Crippen molar-refractivity contribution in [3.05, 3.63) is 30.1 Å². The summed E-state index contributed by atoms with van der Waals surface area (Å²) in [5, 5.41) is 3.28. The highest BCUT2D eigenvalue weighted by Gasteiger charge is 2.09. The first-order valence-electron chi connectivity index (χ1n) is 8.99. The molecule has 1 unspecified atom stereocenters. The van der Waals surface area contributed by atoms with Gasteiger partial charge >= 0.3 is 5.97 Å². The number of piperazine rings is 1. The molecule has 1 N–H and O–H groups in total. The molecule has 1 aromatic rings. The van der Waals surface area contributed by atoms with Gasteiger partial charge < -0.3 is 19.7 Å². The number of esters is 1. The van der Waals surface area contributed by atoms with E-state index in [0.29, 0.717) is 12.7 Å². The molecule has 2 aliphatic heterocycles. The van der Waals surface area contributed by atoms with Crippen molar-refractivity contribution in [1.29, 1.82) is 0 Å².